The molecular weight excluding hydrogens is 290 g/mol. The van der Waals surface area contributed by atoms with Gasteiger partial charge in [0.05, 0.1) is 12.3 Å². The Kier molecular flexibility index (Phi) is 4.15. The number of esters is 1. The summed E-state index contributed by atoms with van der Waals surface area (Å²) in [5.41, 5.74) is 3.87. The van der Waals surface area contributed by atoms with Gasteiger partial charge in [0, 0.05) is 5.69 Å². The van der Waals surface area contributed by atoms with E-state index >= 15 is 0 Å². The van der Waals surface area contributed by atoms with E-state index in [0.29, 0.717) is 0 Å². The highest BCUT2D eigenvalue weighted by atomic mass is 16.6. The van der Waals surface area contributed by atoms with Crippen molar-refractivity contribution in [1.82, 2.24) is 0 Å². The molecule has 23 heavy (non-hydrogen) atoms. The van der Waals surface area contributed by atoms with E-state index < -0.39 is 12.0 Å². The maximum absolute atomic E-state index is 12.6. The van der Waals surface area contributed by atoms with E-state index in [-0.39, 0.29) is 18.3 Å². The minimum atomic E-state index is -0.518. The summed E-state index contributed by atoms with van der Waals surface area (Å²) in [7, 11) is 0. The molecule has 2 aromatic rings. The van der Waals surface area contributed by atoms with E-state index in [1.165, 1.54) is 5.56 Å². The van der Waals surface area contributed by atoms with Gasteiger partial charge in [-0.05, 0) is 42.7 Å². The number of benzene rings is 2. The Balaban J connectivity index is 1.79. The van der Waals surface area contributed by atoms with Gasteiger partial charge in [0.15, 0.2) is 0 Å². The topological polar surface area (TPSA) is 55.4 Å². The van der Waals surface area contributed by atoms with Crippen molar-refractivity contribution in [1.29, 1.82) is 0 Å². The predicted octanol–water partition coefficient (Wildman–Crippen LogP) is 3.55. The van der Waals surface area contributed by atoms with Crippen molar-refractivity contribution in [2.24, 2.45) is 5.92 Å². The Labute approximate surface area is 135 Å². The van der Waals surface area contributed by atoms with E-state index in [2.05, 4.69) is 5.32 Å². The average Bonchev–Trinajstić information content (AvgIpc) is 2.94. The van der Waals surface area contributed by atoms with Gasteiger partial charge in [-0.15, -0.1) is 0 Å². The van der Waals surface area contributed by atoms with Gasteiger partial charge in [-0.2, -0.15) is 0 Å². The molecule has 4 heteroatoms. The number of nitrogens with one attached hydrogen (secondary N) is 1. The predicted molar refractivity (Wildman–Crippen MR) is 87.9 cm³/mol. The number of carbonyl (C=O) groups is 2. The number of hydrogen-bond donors (Lipinski definition) is 1. The van der Waals surface area contributed by atoms with Gasteiger partial charge in [0.1, 0.15) is 6.10 Å². The van der Waals surface area contributed by atoms with Gasteiger partial charge < -0.3 is 10.1 Å². The molecular formula is C19H19NO3. The number of hydrogen-bond acceptors (Lipinski definition) is 3. The minimum absolute atomic E-state index is 0.107. The number of anilines is 1. The van der Waals surface area contributed by atoms with Crippen molar-refractivity contribution in [2.45, 2.75) is 26.4 Å². The second-order valence-electron chi connectivity index (χ2n) is 5.92. The molecule has 4 nitrogen and oxygen atoms in total. The van der Waals surface area contributed by atoms with Gasteiger partial charge >= 0.3 is 5.97 Å². The first-order valence-electron chi connectivity index (χ1n) is 7.67. The molecule has 1 amide bonds. The number of ether oxygens (including phenoxy) is 1. The van der Waals surface area contributed by atoms with E-state index in [1.54, 1.807) is 0 Å². The van der Waals surface area contributed by atoms with Crippen LogP contribution in [0.25, 0.3) is 0 Å². The van der Waals surface area contributed by atoms with Crippen LogP contribution in [0.2, 0.25) is 0 Å². The molecule has 118 valence electrons. The quantitative estimate of drug-likeness (QED) is 0.882. The van der Waals surface area contributed by atoms with Gasteiger partial charge in [-0.3, -0.25) is 9.59 Å². The highest BCUT2D eigenvalue weighted by Crippen LogP contribution is 2.36. The largest absolute Gasteiger partial charge is 0.457 e. The fourth-order valence-electron chi connectivity index (χ4n) is 2.79. The molecule has 0 aromatic heterocycles. The van der Waals surface area contributed by atoms with Crippen molar-refractivity contribution in [3.63, 3.8) is 0 Å². The summed E-state index contributed by atoms with van der Waals surface area (Å²) in [6, 6.07) is 15.2. The molecule has 1 heterocycles. The second kappa shape index (κ2) is 6.24. The normalized spacial score (nSPS) is 20.2. The lowest BCUT2D eigenvalue weighted by atomic mass is 9.94. The lowest BCUT2D eigenvalue weighted by Crippen LogP contribution is -2.25. The lowest BCUT2D eigenvalue weighted by Gasteiger charge is -2.18. The van der Waals surface area contributed by atoms with E-state index in [1.807, 2.05) is 62.4 Å². The molecule has 1 N–H and O–H groups in total. The van der Waals surface area contributed by atoms with Crippen molar-refractivity contribution >= 4 is 17.6 Å². The first-order valence-corrected chi connectivity index (χ1v) is 7.67. The maximum atomic E-state index is 12.6. The Hall–Kier alpha value is -2.62. The average molecular weight is 309 g/mol. The zero-order valence-corrected chi connectivity index (χ0v) is 13.2. The molecule has 0 spiro atoms. The lowest BCUT2D eigenvalue weighted by molar-refractivity contribution is -0.141. The van der Waals surface area contributed by atoms with Gasteiger partial charge in [-0.25, -0.2) is 0 Å². The van der Waals surface area contributed by atoms with Crippen LogP contribution < -0.4 is 5.32 Å². The van der Waals surface area contributed by atoms with E-state index in [0.717, 1.165) is 16.8 Å². The van der Waals surface area contributed by atoms with Gasteiger partial charge in [0.2, 0.25) is 5.91 Å². The first kappa shape index (κ1) is 15.3. The summed E-state index contributed by atoms with van der Waals surface area (Å²) in [4.78, 5) is 24.3. The smallest absolute Gasteiger partial charge is 0.307 e. The van der Waals surface area contributed by atoms with Crippen LogP contribution in [0.5, 0.6) is 0 Å². The fourth-order valence-corrected chi connectivity index (χ4v) is 2.79. The maximum Gasteiger partial charge on any atom is 0.307 e. The molecule has 1 aliphatic rings. The molecule has 1 fully saturated rings. The van der Waals surface area contributed by atoms with Crippen LogP contribution in [0.4, 0.5) is 5.69 Å². The van der Waals surface area contributed by atoms with Crippen LogP contribution in [0.1, 0.15) is 29.2 Å². The molecule has 2 atom stereocenters. The van der Waals surface area contributed by atoms with Gasteiger partial charge in [-0.1, -0.05) is 36.4 Å². The number of rotatable bonds is 3. The van der Waals surface area contributed by atoms with Crippen LogP contribution in [0, 0.1) is 19.8 Å². The third-order valence-electron chi connectivity index (χ3n) is 4.25. The number of aryl methyl sites for hydroxylation is 2. The Bertz CT molecular complexity index is 740. The fraction of sp³-hybridized carbons (Fsp3) is 0.263. The molecule has 0 bridgehead atoms. The molecule has 0 aliphatic carbocycles. The molecule has 0 radical (unpaired) electrons. The van der Waals surface area contributed by atoms with Crippen LogP contribution >= 0.6 is 0 Å². The highest BCUT2D eigenvalue weighted by Gasteiger charge is 2.40. The molecule has 3 rings (SSSR count). The van der Waals surface area contributed by atoms with Crippen molar-refractivity contribution < 1.29 is 14.3 Å². The van der Waals surface area contributed by atoms with Crippen LogP contribution in [0.15, 0.2) is 48.5 Å². The minimum Gasteiger partial charge on any atom is -0.457 e. The zero-order valence-electron chi connectivity index (χ0n) is 13.2. The number of carbonyl (C=O) groups excluding carboxylic acids is 2. The van der Waals surface area contributed by atoms with Crippen LogP contribution in [-0.2, 0) is 14.3 Å². The Morgan fingerprint density at radius 1 is 1.09 bits per heavy atom. The van der Waals surface area contributed by atoms with E-state index in [4.69, 9.17) is 4.74 Å². The molecule has 1 aliphatic heterocycles. The summed E-state index contributed by atoms with van der Waals surface area (Å²) < 4.78 is 5.36. The molecule has 1 saturated heterocycles. The van der Waals surface area contributed by atoms with Gasteiger partial charge in [0.25, 0.3) is 0 Å². The second-order valence-corrected chi connectivity index (χ2v) is 5.92. The Morgan fingerprint density at radius 2 is 1.83 bits per heavy atom. The first-order chi connectivity index (χ1) is 11.0. The monoisotopic (exact) mass is 309 g/mol. The number of amides is 1. The molecule has 2 aromatic carbocycles. The van der Waals surface area contributed by atoms with Crippen LogP contribution in [0.3, 0.4) is 0 Å². The highest BCUT2D eigenvalue weighted by molar-refractivity contribution is 5.96. The SMILES string of the molecule is Cc1ccc(NC(=O)[C@H]2CC(=O)O[C@@H]2c2ccccc2)cc1C. The van der Waals surface area contributed by atoms with Crippen molar-refractivity contribution in [3.05, 3.63) is 65.2 Å². The third-order valence-corrected chi connectivity index (χ3v) is 4.25. The standard InChI is InChI=1S/C19H19NO3/c1-12-8-9-15(10-13(12)2)20-19(22)16-11-17(21)23-18(16)14-6-4-3-5-7-14/h3-10,16,18H,11H2,1-2H3,(H,20,22)/t16-,18+/m0/s1. The summed E-state index contributed by atoms with van der Waals surface area (Å²) in [5, 5.41) is 2.90. The Morgan fingerprint density at radius 3 is 2.52 bits per heavy atom. The third kappa shape index (κ3) is 3.26. The zero-order chi connectivity index (χ0) is 16.4. The van der Waals surface area contributed by atoms with E-state index in [9.17, 15) is 9.59 Å². The van der Waals surface area contributed by atoms with Crippen molar-refractivity contribution in [3.8, 4) is 0 Å². The van der Waals surface area contributed by atoms with Crippen molar-refractivity contribution in [2.75, 3.05) is 5.32 Å². The summed E-state index contributed by atoms with van der Waals surface area (Å²) in [6.07, 6.45) is -0.411. The molecule has 0 saturated carbocycles. The number of cyclic esters (lactones) is 1. The molecule has 0 unspecified atom stereocenters. The van der Waals surface area contributed by atoms with Crippen LogP contribution in [-0.4, -0.2) is 11.9 Å². The summed E-state index contributed by atoms with van der Waals surface area (Å²) in [6.45, 7) is 4.02. The summed E-state index contributed by atoms with van der Waals surface area (Å²) in [5.74, 6) is -1.03. The summed E-state index contributed by atoms with van der Waals surface area (Å²) >= 11 is 0.